The van der Waals surface area contributed by atoms with Crippen molar-refractivity contribution in [2.45, 2.75) is 12.6 Å². The van der Waals surface area contributed by atoms with Gasteiger partial charge >= 0.3 is 6.03 Å². The van der Waals surface area contributed by atoms with Crippen LogP contribution in [-0.4, -0.2) is 31.0 Å². The summed E-state index contributed by atoms with van der Waals surface area (Å²) in [6.07, 6.45) is 0. The minimum absolute atomic E-state index is 0.439. The Labute approximate surface area is 155 Å². The molecule has 0 radical (unpaired) electrons. The van der Waals surface area contributed by atoms with Crippen LogP contribution in [0.15, 0.2) is 53.0 Å². The maximum atomic E-state index is 12.5. The number of amides is 3. The minimum Gasteiger partial charge on any atom is -0.496 e. The van der Waals surface area contributed by atoms with Crippen molar-refractivity contribution in [2.75, 3.05) is 14.2 Å². The van der Waals surface area contributed by atoms with Crippen LogP contribution in [-0.2, 0) is 11.3 Å². The summed E-state index contributed by atoms with van der Waals surface area (Å²) in [4.78, 5) is 25.5. The monoisotopic (exact) mass is 405 g/mol. The number of methoxy groups -OCH3 is 1. The predicted molar refractivity (Wildman–Crippen MR) is 99.1 cm³/mol. The second-order valence-electron chi connectivity index (χ2n) is 5.54. The van der Waals surface area contributed by atoms with Crippen LogP contribution < -0.4 is 15.8 Å². The molecule has 2 rings (SSSR count). The highest BCUT2D eigenvalue weighted by Crippen LogP contribution is 2.27. The fourth-order valence-electron chi connectivity index (χ4n) is 2.66. The number of likely N-dealkylation sites (N-methyl/N-ethyl adjacent to an activating group) is 1. The number of nitrogens with zero attached hydrogens (tertiary/aromatic N) is 1. The number of hydrogen-bond donors (Lipinski definition) is 2. The molecule has 3 amide bonds. The molecule has 2 aromatic rings. The fourth-order valence-corrected chi connectivity index (χ4v) is 3.07. The third-order valence-electron chi connectivity index (χ3n) is 3.71. The zero-order valence-corrected chi connectivity index (χ0v) is 15.6. The number of carbonyl (C=O) groups excluding carboxylic acids is 2. The Hall–Kier alpha value is -2.38. The quantitative estimate of drug-likeness (QED) is 0.773. The second-order valence-corrected chi connectivity index (χ2v) is 6.45. The first-order valence-corrected chi connectivity index (χ1v) is 8.39. The van der Waals surface area contributed by atoms with Crippen molar-refractivity contribution in [2.24, 2.45) is 5.73 Å². The Bertz CT molecular complexity index is 752. The lowest BCUT2D eigenvalue weighted by atomic mass is 10.0. The van der Waals surface area contributed by atoms with E-state index in [4.69, 9.17) is 10.5 Å². The van der Waals surface area contributed by atoms with Crippen LogP contribution >= 0.6 is 15.9 Å². The summed E-state index contributed by atoms with van der Waals surface area (Å²) in [5.41, 5.74) is 6.78. The molecule has 0 spiro atoms. The molecule has 6 nitrogen and oxygen atoms in total. The van der Waals surface area contributed by atoms with Gasteiger partial charge in [0.2, 0.25) is 5.91 Å². The van der Waals surface area contributed by atoms with Crippen molar-refractivity contribution in [1.29, 1.82) is 0 Å². The molecule has 0 heterocycles. The zero-order valence-electron chi connectivity index (χ0n) is 14.0. The molecule has 0 saturated carbocycles. The summed E-state index contributed by atoms with van der Waals surface area (Å²) in [6.45, 7) is 0.439. The molecule has 0 aliphatic carbocycles. The van der Waals surface area contributed by atoms with Gasteiger partial charge in [-0.15, -0.1) is 0 Å². The zero-order chi connectivity index (χ0) is 18.4. The molecule has 132 valence electrons. The Kier molecular flexibility index (Phi) is 6.55. The molecule has 0 fully saturated rings. The first kappa shape index (κ1) is 19.0. The predicted octanol–water partition coefficient (Wildman–Crippen LogP) is 2.83. The molecule has 0 aliphatic heterocycles. The molecule has 2 aromatic carbocycles. The number of halogens is 1. The molecular formula is C18H20BrN3O3. The van der Waals surface area contributed by atoms with Crippen LogP contribution in [0.3, 0.4) is 0 Å². The molecule has 0 saturated heterocycles. The van der Waals surface area contributed by atoms with Gasteiger partial charge in [-0.05, 0) is 30.8 Å². The molecule has 0 aliphatic rings. The first-order chi connectivity index (χ1) is 11.9. The highest BCUT2D eigenvalue weighted by Gasteiger charge is 2.26. The van der Waals surface area contributed by atoms with Crippen molar-refractivity contribution in [1.82, 2.24) is 10.2 Å². The normalized spacial score (nSPS) is 11.8. The lowest BCUT2D eigenvalue weighted by Crippen LogP contribution is -2.43. The number of carbonyl (C=O) groups is 2. The van der Waals surface area contributed by atoms with Crippen LogP contribution in [0.5, 0.6) is 5.75 Å². The van der Waals surface area contributed by atoms with Gasteiger partial charge in [0, 0.05) is 16.6 Å². The number of imide groups is 1. The average Bonchev–Trinajstić information content (AvgIpc) is 2.55. The average molecular weight is 406 g/mol. The number of urea groups is 1. The fraction of sp³-hybridized carbons (Fsp3) is 0.222. The molecule has 0 bridgehead atoms. The van der Waals surface area contributed by atoms with Gasteiger partial charge < -0.3 is 10.5 Å². The highest BCUT2D eigenvalue weighted by molar-refractivity contribution is 9.10. The van der Waals surface area contributed by atoms with Gasteiger partial charge in [0.15, 0.2) is 0 Å². The summed E-state index contributed by atoms with van der Waals surface area (Å²) in [5.74, 6) is 0.243. The molecule has 1 atom stereocenters. The lowest BCUT2D eigenvalue weighted by Gasteiger charge is -2.27. The molecular weight excluding hydrogens is 386 g/mol. The summed E-state index contributed by atoms with van der Waals surface area (Å²) >= 11 is 3.44. The van der Waals surface area contributed by atoms with Crippen molar-refractivity contribution < 1.29 is 14.3 Å². The SMILES string of the molecule is COc1ccc(Br)cc1CN(C)C(C(=O)NC(N)=O)c1ccccc1. The second kappa shape index (κ2) is 8.64. The Morgan fingerprint density at radius 2 is 1.92 bits per heavy atom. The van der Waals surface area contributed by atoms with E-state index >= 15 is 0 Å². The van der Waals surface area contributed by atoms with Crippen molar-refractivity contribution in [3.8, 4) is 5.75 Å². The summed E-state index contributed by atoms with van der Waals surface area (Å²) in [7, 11) is 3.40. The van der Waals surface area contributed by atoms with Crippen LogP contribution in [0.25, 0.3) is 0 Å². The van der Waals surface area contributed by atoms with Gasteiger partial charge in [0.05, 0.1) is 7.11 Å². The molecule has 7 heteroatoms. The van der Waals surface area contributed by atoms with Crippen LogP contribution in [0.2, 0.25) is 0 Å². The largest absolute Gasteiger partial charge is 0.496 e. The Balaban J connectivity index is 2.32. The smallest absolute Gasteiger partial charge is 0.318 e. The first-order valence-electron chi connectivity index (χ1n) is 7.60. The number of nitrogens with one attached hydrogen (secondary N) is 1. The highest BCUT2D eigenvalue weighted by atomic mass is 79.9. The van der Waals surface area contributed by atoms with Crippen molar-refractivity contribution >= 4 is 27.9 Å². The van der Waals surface area contributed by atoms with Crippen LogP contribution in [0.1, 0.15) is 17.2 Å². The number of benzene rings is 2. The van der Waals surface area contributed by atoms with Gasteiger partial charge in [-0.25, -0.2) is 4.79 Å². The Morgan fingerprint density at radius 1 is 1.24 bits per heavy atom. The van der Waals surface area contributed by atoms with Gasteiger partial charge in [-0.3, -0.25) is 15.0 Å². The van der Waals surface area contributed by atoms with Gasteiger partial charge in [0.1, 0.15) is 11.8 Å². The third kappa shape index (κ3) is 5.04. The van der Waals surface area contributed by atoms with Crippen LogP contribution in [0.4, 0.5) is 4.79 Å². The van der Waals surface area contributed by atoms with E-state index in [1.807, 2.05) is 53.4 Å². The summed E-state index contributed by atoms with van der Waals surface area (Å²) in [5, 5.41) is 2.17. The lowest BCUT2D eigenvalue weighted by molar-refractivity contribution is -0.125. The number of primary amides is 1. The minimum atomic E-state index is -0.876. The number of nitrogens with two attached hydrogens (primary N) is 1. The van der Waals surface area contributed by atoms with E-state index < -0.39 is 18.0 Å². The van der Waals surface area contributed by atoms with E-state index in [1.165, 1.54) is 0 Å². The van der Waals surface area contributed by atoms with Gasteiger partial charge in [0.25, 0.3) is 0 Å². The maximum Gasteiger partial charge on any atom is 0.318 e. The third-order valence-corrected chi connectivity index (χ3v) is 4.21. The number of ether oxygens (including phenoxy) is 1. The molecule has 1 unspecified atom stereocenters. The van der Waals surface area contributed by atoms with E-state index in [9.17, 15) is 9.59 Å². The van der Waals surface area contributed by atoms with E-state index in [-0.39, 0.29) is 0 Å². The van der Waals surface area contributed by atoms with E-state index in [2.05, 4.69) is 21.2 Å². The standard InChI is InChI=1S/C18H20BrN3O3/c1-22(11-13-10-14(19)8-9-15(13)25-2)16(17(23)21-18(20)24)12-6-4-3-5-7-12/h3-10,16H,11H2,1-2H3,(H3,20,21,23,24). The topological polar surface area (TPSA) is 84.7 Å². The molecule has 25 heavy (non-hydrogen) atoms. The Morgan fingerprint density at radius 3 is 2.52 bits per heavy atom. The van der Waals surface area contributed by atoms with Crippen LogP contribution in [0, 0.1) is 0 Å². The summed E-state index contributed by atoms with van der Waals surface area (Å²) in [6, 6.07) is 13.3. The number of hydrogen-bond acceptors (Lipinski definition) is 4. The van der Waals surface area contributed by atoms with E-state index in [0.29, 0.717) is 6.54 Å². The summed E-state index contributed by atoms with van der Waals surface area (Å²) < 4.78 is 6.30. The van der Waals surface area contributed by atoms with Crippen molar-refractivity contribution in [3.05, 3.63) is 64.1 Å². The van der Waals surface area contributed by atoms with E-state index in [1.54, 1.807) is 14.2 Å². The maximum absolute atomic E-state index is 12.5. The molecule has 3 N–H and O–H groups in total. The van der Waals surface area contributed by atoms with Gasteiger partial charge in [-0.2, -0.15) is 0 Å². The van der Waals surface area contributed by atoms with E-state index in [0.717, 1.165) is 21.3 Å². The number of rotatable bonds is 6. The van der Waals surface area contributed by atoms with Crippen molar-refractivity contribution in [3.63, 3.8) is 0 Å². The van der Waals surface area contributed by atoms with Gasteiger partial charge in [-0.1, -0.05) is 46.3 Å². The molecule has 0 aromatic heterocycles.